The van der Waals surface area contributed by atoms with Crippen LogP contribution in [0.3, 0.4) is 0 Å². The Morgan fingerprint density at radius 2 is 2.20 bits per heavy atom. The molecule has 5 heteroatoms. The fourth-order valence-corrected chi connectivity index (χ4v) is 1.65. The standard InChI is InChI=1S/C10H17N3O2/c1-4-13(5-2)9(10(14)15)8-6-11-7(3)12-8/h6,9H,4-5H2,1-3H3,(H,11,12)(H,14,15). The highest BCUT2D eigenvalue weighted by molar-refractivity contribution is 5.74. The van der Waals surface area contributed by atoms with E-state index in [1.165, 1.54) is 0 Å². The Balaban J connectivity index is 2.97. The van der Waals surface area contributed by atoms with E-state index in [1.54, 1.807) is 6.20 Å². The Labute approximate surface area is 89.1 Å². The molecule has 84 valence electrons. The molecule has 1 aromatic rings. The largest absolute Gasteiger partial charge is 0.480 e. The van der Waals surface area contributed by atoms with Gasteiger partial charge in [-0.1, -0.05) is 13.8 Å². The van der Waals surface area contributed by atoms with E-state index in [9.17, 15) is 9.90 Å². The number of imidazole rings is 1. The zero-order chi connectivity index (χ0) is 11.4. The molecule has 0 saturated carbocycles. The normalized spacial score (nSPS) is 13.1. The molecule has 0 saturated heterocycles. The second kappa shape index (κ2) is 4.93. The van der Waals surface area contributed by atoms with Crippen LogP contribution in [0.5, 0.6) is 0 Å². The topological polar surface area (TPSA) is 69.2 Å². The number of carboxylic acids is 1. The van der Waals surface area contributed by atoms with Crippen LogP contribution >= 0.6 is 0 Å². The fourth-order valence-electron chi connectivity index (χ4n) is 1.65. The lowest BCUT2D eigenvalue weighted by atomic mass is 10.2. The number of rotatable bonds is 5. The Bertz CT molecular complexity index is 331. The van der Waals surface area contributed by atoms with Crippen molar-refractivity contribution in [2.45, 2.75) is 26.8 Å². The maximum atomic E-state index is 11.2. The predicted octanol–water partition coefficient (Wildman–Crippen LogP) is 1.19. The van der Waals surface area contributed by atoms with Crippen LogP contribution in [0.2, 0.25) is 0 Å². The minimum absolute atomic E-state index is 0.624. The molecule has 0 radical (unpaired) electrons. The van der Waals surface area contributed by atoms with Crippen LogP contribution in [0, 0.1) is 6.92 Å². The van der Waals surface area contributed by atoms with Crippen LogP contribution in [0.15, 0.2) is 6.20 Å². The van der Waals surface area contributed by atoms with Crippen molar-refractivity contribution in [2.75, 3.05) is 13.1 Å². The Morgan fingerprint density at radius 3 is 2.53 bits per heavy atom. The van der Waals surface area contributed by atoms with Gasteiger partial charge in [-0.25, -0.2) is 4.98 Å². The minimum Gasteiger partial charge on any atom is -0.480 e. The number of aromatic nitrogens is 2. The van der Waals surface area contributed by atoms with Gasteiger partial charge in [-0.15, -0.1) is 0 Å². The number of hydrogen-bond donors (Lipinski definition) is 2. The van der Waals surface area contributed by atoms with Crippen molar-refractivity contribution in [3.8, 4) is 0 Å². The van der Waals surface area contributed by atoms with Crippen molar-refractivity contribution >= 4 is 5.97 Å². The molecule has 1 aromatic heterocycles. The number of nitrogens with zero attached hydrogens (tertiary/aromatic N) is 2. The van der Waals surface area contributed by atoms with Gasteiger partial charge >= 0.3 is 5.97 Å². The van der Waals surface area contributed by atoms with E-state index < -0.39 is 12.0 Å². The molecule has 1 atom stereocenters. The molecule has 2 N–H and O–H groups in total. The first-order valence-electron chi connectivity index (χ1n) is 5.08. The molecule has 0 amide bonds. The molecule has 0 fully saturated rings. The molecule has 0 bridgehead atoms. The van der Waals surface area contributed by atoms with Gasteiger partial charge in [0, 0.05) is 0 Å². The number of aromatic amines is 1. The fraction of sp³-hybridized carbons (Fsp3) is 0.600. The molecule has 0 aromatic carbocycles. The summed E-state index contributed by atoms with van der Waals surface area (Å²) in [5.74, 6) is -0.106. The number of H-pyrrole nitrogens is 1. The third-order valence-electron chi connectivity index (χ3n) is 2.43. The zero-order valence-electron chi connectivity index (χ0n) is 9.32. The number of aliphatic carboxylic acids is 1. The minimum atomic E-state index is -0.845. The van der Waals surface area contributed by atoms with Crippen LogP contribution in [0.1, 0.15) is 31.4 Å². The second-order valence-corrected chi connectivity index (χ2v) is 3.39. The van der Waals surface area contributed by atoms with Crippen molar-refractivity contribution in [3.63, 3.8) is 0 Å². The first kappa shape index (κ1) is 11.7. The van der Waals surface area contributed by atoms with Gasteiger partial charge in [0.2, 0.25) is 0 Å². The zero-order valence-corrected chi connectivity index (χ0v) is 9.32. The van der Waals surface area contributed by atoms with Gasteiger partial charge < -0.3 is 10.1 Å². The van der Waals surface area contributed by atoms with Gasteiger partial charge in [0.1, 0.15) is 5.82 Å². The van der Waals surface area contributed by atoms with Gasteiger partial charge in [0.15, 0.2) is 6.04 Å². The average Bonchev–Trinajstić information content (AvgIpc) is 2.59. The molecular weight excluding hydrogens is 194 g/mol. The molecule has 1 rings (SSSR count). The Hall–Kier alpha value is -1.36. The van der Waals surface area contributed by atoms with Crippen molar-refractivity contribution in [1.82, 2.24) is 14.9 Å². The highest BCUT2D eigenvalue weighted by atomic mass is 16.4. The van der Waals surface area contributed by atoms with E-state index in [0.29, 0.717) is 18.8 Å². The van der Waals surface area contributed by atoms with E-state index in [0.717, 1.165) is 5.82 Å². The number of hydrogen-bond acceptors (Lipinski definition) is 3. The summed E-state index contributed by atoms with van der Waals surface area (Å²) in [6.07, 6.45) is 1.59. The summed E-state index contributed by atoms with van der Waals surface area (Å²) in [6.45, 7) is 7.10. The van der Waals surface area contributed by atoms with E-state index >= 15 is 0 Å². The van der Waals surface area contributed by atoms with E-state index in [1.807, 2.05) is 25.7 Å². The van der Waals surface area contributed by atoms with Crippen molar-refractivity contribution in [1.29, 1.82) is 0 Å². The van der Waals surface area contributed by atoms with Gasteiger partial charge in [-0.3, -0.25) is 9.69 Å². The lowest BCUT2D eigenvalue weighted by Gasteiger charge is -2.24. The van der Waals surface area contributed by atoms with Crippen molar-refractivity contribution in [3.05, 3.63) is 17.7 Å². The maximum Gasteiger partial charge on any atom is 0.327 e. The molecule has 0 aliphatic carbocycles. The number of carboxylic acid groups (broad SMARTS) is 1. The van der Waals surface area contributed by atoms with Gasteiger partial charge in [0.05, 0.1) is 11.9 Å². The Kier molecular flexibility index (Phi) is 3.85. The summed E-state index contributed by atoms with van der Waals surface area (Å²) >= 11 is 0. The quantitative estimate of drug-likeness (QED) is 0.767. The molecular formula is C10H17N3O2. The second-order valence-electron chi connectivity index (χ2n) is 3.39. The first-order chi connectivity index (χ1) is 7.10. The van der Waals surface area contributed by atoms with Crippen LogP contribution in [0.4, 0.5) is 0 Å². The van der Waals surface area contributed by atoms with Crippen LogP contribution in [0.25, 0.3) is 0 Å². The van der Waals surface area contributed by atoms with Crippen LogP contribution < -0.4 is 0 Å². The van der Waals surface area contributed by atoms with Crippen LogP contribution in [-0.4, -0.2) is 39.0 Å². The molecule has 1 heterocycles. The summed E-state index contributed by atoms with van der Waals surface area (Å²) in [5.41, 5.74) is 0.642. The van der Waals surface area contributed by atoms with E-state index in [-0.39, 0.29) is 0 Å². The number of aryl methyl sites for hydroxylation is 1. The SMILES string of the molecule is CCN(CC)C(C(=O)O)c1cnc(C)[nH]1. The average molecular weight is 211 g/mol. The maximum absolute atomic E-state index is 11.2. The molecule has 0 aliphatic heterocycles. The highest BCUT2D eigenvalue weighted by Gasteiger charge is 2.26. The number of likely N-dealkylation sites (N-methyl/N-ethyl adjacent to an activating group) is 1. The number of nitrogens with one attached hydrogen (secondary N) is 1. The highest BCUT2D eigenvalue weighted by Crippen LogP contribution is 2.18. The van der Waals surface area contributed by atoms with E-state index in [2.05, 4.69) is 9.97 Å². The molecule has 15 heavy (non-hydrogen) atoms. The first-order valence-corrected chi connectivity index (χ1v) is 5.08. The summed E-state index contributed by atoms with van der Waals surface area (Å²) in [7, 11) is 0. The molecule has 0 spiro atoms. The predicted molar refractivity (Wildman–Crippen MR) is 56.6 cm³/mol. The Morgan fingerprint density at radius 1 is 1.60 bits per heavy atom. The lowest BCUT2D eigenvalue weighted by Crippen LogP contribution is -2.34. The summed E-state index contributed by atoms with van der Waals surface area (Å²) in [6, 6.07) is -0.624. The summed E-state index contributed by atoms with van der Waals surface area (Å²) in [5, 5.41) is 9.18. The van der Waals surface area contributed by atoms with Crippen molar-refractivity contribution in [2.24, 2.45) is 0 Å². The smallest absolute Gasteiger partial charge is 0.327 e. The van der Waals surface area contributed by atoms with E-state index in [4.69, 9.17) is 0 Å². The molecule has 0 aliphatic rings. The van der Waals surface area contributed by atoms with Gasteiger partial charge in [-0.2, -0.15) is 0 Å². The third kappa shape index (κ3) is 2.56. The summed E-state index contributed by atoms with van der Waals surface area (Å²) in [4.78, 5) is 20.0. The van der Waals surface area contributed by atoms with Crippen LogP contribution in [-0.2, 0) is 4.79 Å². The third-order valence-corrected chi connectivity index (χ3v) is 2.43. The summed E-state index contributed by atoms with van der Waals surface area (Å²) < 4.78 is 0. The monoisotopic (exact) mass is 211 g/mol. The number of carbonyl (C=O) groups is 1. The van der Waals surface area contributed by atoms with Gasteiger partial charge in [-0.05, 0) is 20.0 Å². The molecule has 1 unspecified atom stereocenters. The lowest BCUT2D eigenvalue weighted by molar-refractivity contribution is -0.143. The molecule has 5 nitrogen and oxygen atoms in total. The van der Waals surface area contributed by atoms with Crippen molar-refractivity contribution < 1.29 is 9.90 Å². The van der Waals surface area contributed by atoms with Gasteiger partial charge in [0.25, 0.3) is 0 Å².